The number of likely N-dealkylation sites (N-methyl/N-ethyl adjacent to an activating group) is 1. The van der Waals surface area contributed by atoms with Crippen LogP contribution in [0.4, 0.5) is 0 Å². The number of pyridine rings is 1. The number of nitrogens with two attached hydrogens (primary N) is 1. The number of halogens is 1. The van der Waals surface area contributed by atoms with Crippen LogP contribution in [-0.2, 0) is 23.0 Å². The predicted octanol–water partition coefficient (Wildman–Crippen LogP) is 1.28. The zero-order valence-corrected chi connectivity index (χ0v) is 20.2. The van der Waals surface area contributed by atoms with E-state index in [1.165, 1.54) is 0 Å². The van der Waals surface area contributed by atoms with E-state index in [1.807, 2.05) is 31.3 Å². The van der Waals surface area contributed by atoms with Crippen LogP contribution < -0.4 is 11.1 Å². The molecule has 0 atom stereocenters. The highest BCUT2D eigenvalue weighted by Gasteiger charge is 2.29. The highest BCUT2D eigenvalue weighted by Crippen LogP contribution is 2.22. The lowest BCUT2D eigenvalue weighted by Gasteiger charge is -2.32. The third kappa shape index (κ3) is 6.62. The summed E-state index contributed by atoms with van der Waals surface area (Å²) < 4.78 is 27.7. The normalized spacial score (nSPS) is 16.1. The SMILES string of the molecule is CN1CCN(S(=O)(=O)c2ccccc2CN=C(N)NCCc2ccccn2)CC1.I. The van der Waals surface area contributed by atoms with E-state index in [-0.39, 0.29) is 36.5 Å². The summed E-state index contributed by atoms with van der Waals surface area (Å²) in [4.78, 5) is 11.0. The molecule has 1 fully saturated rings. The fourth-order valence-corrected chi connectivity index (χ4v) is 4.78. The molecule has 3 N–H and O–H groups in total. The average Bonchev–Trinajstić information content (AvgIpc) is 2.73. The number of piperazine rings is 1. The van der Waals surface area contributed by atoms with Gasteiger partial charge in [0.2, 0.25) is 10.0 Å². The first kappa shape index (κ1) is 24.5. The molecule has 2 heterocycles. The van der Waals surface area contributed by atoms with Crippen LogP contribution in [-0.4, -0.2) is 68.3 Å². The van der Waals surface area contributed by atoms with E-state index in [4.69, 9.17) is 5.73 Å². The number of hydrogen-bond donors (Lipinski definition) is 2. The Balaban J connectivity index is 0.00000320. The van der Waals surface area contributed by atoms with Crippen LogP contribution in [0.3, 0.4) is 0 Å². The van der Waals surface area contributed by atoms with Gasteiger partial charge in [0.1, 0.15) is 0 Å². The van der Waals surface area contributed by atoms with Crippen LogP contribution in [0.5, 0.6) is 0 Å². The zero-order valence-electron chi connectivity index (χ0n) is 17.1. The first-order chi connectivity index (χ1) is 14.0. The van der Waals surface area contributed by atoms with Gasteiger partial charge in [0.05, 0.1) is 11.4 Å². The maximum Gasteiger partial charge on any atom is 0.243 e. The molecule has 10 heteroatoms. The fraction of sp³-hybridized carbons (Fsp3) is 0.400. The molecule has 0 spiro atoms. The molecule has 1 aliphatic heterocycles. The topological polar surface area (TPSA) is 104 Å². The predicted molar refractivity (Wildman–Crippen MR) is 129 cm³/mol. The maximum absolute atomic E-state index is 13.1. The molecule has 30 heavy (non-hydrogen) atoms. The van der Waals surface area contributed by atoms with Crippen LogP contribution >= 0.6 is 24.0 Å². The van der Waals surface area contributed by atoms with Crippen molar-refractivity contribution in [3.05, 3.63) is 59.9 Å². The van der Waals surface area contributed by atoms with Gasteiger partial charge < -0.3 is 16.0 Å². The van der Waals surface area contributed by atoms with Gasteiger partial charge in [0, 0.05) is 51.0 Å². The molecule has 1 aliphatic rings. The van der Waals surface area contributed by atoms with Crippen molar-refractivity contribution in [1.29, 1.82) is 0 Å². The lowest BCUT2D eigenvalue weighted by molar-refractivity contribution is 0.222. The Kier molecular flexibility index (Phi) is 9.46. The van der Waals surface area contributed by atoms with Gasteiger partial charge in [-0.25, -0.2) is 13.4 Å². The minimum atomic E-state index is -3.55. The van der Waals surface area contributed by atoms with E-state index in [1.54, 1.807) is 28.7 Å². The van der Waals surface area contributed by atoms with Gasteiger partial charge in [0.15, 0.2) is 5.96 Å². The number of hydrogen-bond acceptors (Lipinski definition) is 5. The molecule has 0 radical (unpaired) electrons. The largest absolute Gasteiger partial charge is 0.370 e. The molecule has 1 aromatic heterocycles. The van der Waals surface area contributed by atoms with E-state index in [2.05, 4.69) is 20.2 Å². The maximum atomic E-state index is 13.1. The van der Waals surface area contributed by atoms with Crippen LogP contribution in [0.1, 0.15) is 11.3 Å². The molecule has 8 nitrogen and oxygen atoms in total. The molecule has 3 rings (SSSR count). The second kappa shape index (κ2) is 11.6. The summed E-state index contributed by atoms with van der Waals surface area (Å²) in [5, 5.41) is 3.05. The van der Waals surface area contributed by atoms with Gasteiger partial charge in [-0.15, -0.1) is 24.0 Å². The highest BCUT2D eigenvalue weighted by molar-refractivity contribution is 14.0. The Bertz CT molecular complexity index is 931. The molecule has 0 aliphatic carbocycles. The third-order valence-electron chi connectivity index (χ3n) is 4.89. The van der Waals surface area contributed by atoms with E-state index in [9.17, 15) is 8.42 Å². The monoisotopic (exact) mass is 544 g/mol. The van der Waals surface area contributed by atoms with Gasteiger partial charge in [0.25, 0.3) is 0 Å². The van der Waals surface area contributed by atoms with Gasteiger partial charge >= 0.3 is 0 Å². The number of nitrogens with zero attached hydrogens (tertiary/aromatic N) is 4. The Labute approximate surface area is 195 Å². The number of aliphatic imine (C=N–C) groups is 1. The summed E-state index contributed by atoms with van der Waals surface area (Å²) in [6.07, 6.45) is 2.48. The number of nitrogens with one attached hydrogen (secondary N) is 1. The summed E-state index contributed by atoms with van der Waals surface area (Å²) in [5.74, 6) is 0.285. The van der Waals surface area contributed by atoms with Gasteiger partial charge in [-0.05, 0) is 30.8 Å². The summed E-state index contributed by atoms with van der Waals surface area (Å²) in [7, 11) is -1.55. The minimum absolute atomic E-state index is 0. The van der Waals surface area contributed by atoms with Crippen LogP contribution in [0, 0.1) is 0 Å². The number of rotatable bonds is 7. The number of sulfonamides is 1. The first-order valence-electron chi connectivity index (χ1n) is 9.67. The molecule has 2 aromatic rings. The molecule has 1 aromatic carbocycles. The second-order valence-electron chi connectivity index (χ2n) is 7.01. The number of guanidine groups is 1. The molecule has 1 saturated heterocycles. The quantitative estimate of drug-likeness (QED) is 0.309. The van der Waals surface area contributed by atoms with Gasteiger partial charge in [-0.1, -0.05) is 24.3 Å². The van der Waals surface area contributed by atoms with Crippen molar-refractivity contribution in [3.8, 4) is 0 Å². The van der Waals surface area contributed by atoms with E-state index >= 15 is 0 Å². The van der Waals surface area contributed by atoms with Crippen molar-refractivity contribution >= 4 is 40.0 Å². The van der Waals surface area contributed by atoms with Crippen LogP contribution in [0.15, 0.2) is 58.5 Å². The lowest BCUT2D eigenvalue weighted by Crippen LogP contribution is -2.47. The summed E-state index contributed by atoms with van der Waals surface area (Å²) in [6, 6.07) is 12.8. The van der Waals surface area contributed by atoms with E-state index in [0.29, 0.717) is 30.1 Å². The van der Waals surface area contributed by atoms with Crippen LogP contribution in [0.25, 0.3) is 0 Å². The van der Waals surface area contributed by atoms with Crippen LogP contribution in [0.2, 0.25) is 0 Å². The molecule has 164 valence electrons. The number of aromatic nitrogens is 1. The summed E-state index contributed by atoms with van der Waals surface area (Å²) >= 11 is 0. The van der Waals surface area contributed by atoms with Crippen molar-refractivity contribution in [3.63, 3.8) is 0 Å². The van der Waals surface area contributed by atoms with Gasteiger partial charge in [-0.3, -0.25) is 4.98 Å². The Morgan fingerprint density at radius 1 is 1.13 bits per heavy atom. The molecule has 0 unspecified atom stereocenters. The molecule has 0 bridgehead atoms. The molecular weight excluding hydrogens is 515 g/mol. The van der Waals surface area contributed by atoms with Crippen molar-refractivity contribution < 1.29 is 8.42 Å². The highest BCUT2D eigenvalue weighted by atomic mass is 127. The molecule has 0 amide bonds. The van der Waals surface area contributed by atoms with E-state index < -0.39 is 10.0 Å². The average molecular weight is 544 g/mol. The van der Waals surface area contributed by atoms with Gasteiger partial charge in [-0.2, -0.15) is 4.31 Å². The fourth-order valence-electron chi connectivity index (χ4n) is 3.14. The lowest BCUT2D eigenvalue weighted by atomic mass is 10.2. The summed E-state index contributed by atoms with van der Waals surface area (Å²) in [5.41, 5.74) is 7.56. The zero-order chi connectivity index (χ0) is 20.7. The standard InChI is InChI=1S/C20H28N6O2S.HI/c1-25-12-14-26(15-13-25)29(27,28)19-8-3-2-6-17(19)16-24-20(21)23-11-9-18-7-4-5-10-22-18;/h2-8,10H,9,11-16H2,1H3,(H3,21,23,24);1H. The minimum Gasteiger partial charge on any atom is -0.370 e. The summed E-state index contributed by atoms with van der Waals surface area (Å²) in [6.45, 7) is 3.25. The van der Waals surface area contributed by atoms with E-state index in [0.717, 1.165) is 25.2 Å². The van der Waals surface area contributed by atoms with Crippen molar-refractivity contribution in [1.82, 2.24) is 19.5 Å². The Morgan fingerprint density at radius 3 is 2.53 bits per heavy atom. The van der Waals surface area contributed by atoms with Crippen molar-refractivity contribution in [2.75, 3.05) is 39.8 Å². The number of benzene rings is 1. The second-order valence-corrected chi connectivity index (χ2v) is 8.92. The first-order valence-corrected chi connectivity index (χ1v) is 11.1. The molecular formula is C20H29IN6O2S. The third-order valence-corrected chi connectivity index (χ3v) is 6.88. The van der Waals surface area contributed by atoms with Crippen molar-refractivity contribution in [2.24, 2.45) is 10.7 Å². The molecule has 0 saturated carbocycles. The Hall–Kier alpha value is -1.76. The Morgan fingerprint density at radius 2 is 1.83 bits per heavy atom. The van der Waals surface area contributed by atoms with Crippen molar-refractivity contribution in [2.45, 2.75) is 17.9 Å². The smallest absolute Gasteiger partial charge is 0.243 e.